The number of aliphatic hydroxyl groups excluding tert-OH is 1. The third-order valence-electron chi connectivity index (χ3n) is 3.52. The van der Waals surface area contributed by atoms with Gasteiger partial charge < -0.3 is 10.4 Å². The minimum absolute atomic E-state index is 0.171. The Labute approximate surface area is 113 Å². The second-order valence-electron chi connectivity index (χ2n) is 5.11. The van der Waals surface area contributed by atoms with Gasteiger partial charge in [0.1, 0.15) is 5.82 Å². The number of pyridine rings is 1. The third-order valence-corrected chi connectivity index (χ3v) is 3.52. The molecule has 5 heteroatoms. The van der Waals surface area contributed by atoms with Gasteiger partial charge in [0.05, 0.1) is 6.10 Å². The predicted molar refractivity (Wildman–Crippen MR) is 74.0 cm³/mol. The van der Waals surface area contributed by atoms with E-state index in [9.17, 15) is 9.90 Å². The highest BCUT2D eigenvalue weighted by atomic mass is 16.3. The number of anilines is 1. The van der Waals surface area contributed by atoms with Gasteiger partial charge in [-0.25, -0.2) is 9.78 Å². The number of amides is 2. The lowest BCUT2D eigenvalue weighted by Gasteiger charge is -2.27. The Kier molecular flexibility index (Phi) is 4.74. The summed E-state index contributed by atoms with van der Waals surface area (Å²) in [5.74, 6) is 0.715. The number of aryl methyl sites for hydroxylation is 1. The first-order valence-electron chi connectivity index (χ1n) is 6.82. The molecule has 2 rings (SSSR count). The van der Waals surface area contributed by atoms with Crippen LogP contribution < -0.4 is 10.6 Å². The van der Waals surface area contributed by atoms with Crippen molar-refractivity contribution in [1.29, 1.82) is 0 Å². The van der Waals surface area contributed by atoms with Crippen molar-refractivity contribution in [3.05, 3.63) is 23.9 Å². The second-order valence-corrected chi connectivity index (χ2v) is 5.11. The van der Waals surface area contributed by atoms with Gasteiger partial charge in [-0.15, -0.1) is 0 Å². The first kappa shape index (κ1) is 13.8. The Bertz CT molecular complexity index is 436. The zero-order valence-corrected chi connectivity index (χ0v) is 11.2. The van der Waals surface area contributed by atoms with Crippen molar-refractivity contribution >= 4 is 11.8 Å². The molecule has 1 aromatic rings. The Balaban J connectivity index is 1.78. The molecule has 0 spiro atoms. The average molecular weight is 263 g/mol. The van der Waals surface area contributed by atoms with Crippen LogP contribution in [0.4, 0.5) is 10.6 Å². The maximum Gasteiger partial charge on any atom is 0.320 e. The second kappa shape index (κ2) is 6.52. The molecular weight excluding hydrogens is 242 g/mol. The molecule has 0 bridgehead atoms. The number of rotatable bonds is 3. The van der Waals surface area contributed by atoms with Crippen molar-refractivity contribution in [3.63, 3.8) is 0 Å². The summed E-state index contributed by atoms with van der Waals surface area (Å²) in [4.78, 5) is 15.9. The van der Waals surface area contributed by atoms with E-state index < -0.39 is 0 Å². The smallest absolute Gasteiger partial charge is 0.320 e. The summed E-state index contributed by atoms with van der Waals surface area (Å²) in [6.07, 6.45) is 3.74. The Hall–Kier alpha value is -1.62. The summed E-state index contributed by atoms with van der Waals surface area (Å²) < 4.78 is 0. The number of urea groups is 1. The van der Waals surface area contributed by atoms with Crippen molar-refractivity contribution in [2.24, 2.45) is 5.92 Å². The Morgan fingerprint density at radius 2 is 2.21 bits per heavy atom. The number of carbonyl (C=O) groups is 1. The van der Waals surface area contributed by atoms with E-state index in [1.807, 2.05) is 19.1 Å². The summed E-state index contributed by atoms with van der Waals surface area (Å²) in [6, 6.07) is 5.21. The lowest BCUT2D eigenvalue weighted by molar-refractivity contribution is 0.0711. The molecule has 2 amide bonds. The third kappa shape index (κ3) is 4.21. The highest BCUT2D eigenvalue weighted by Gasteiger charge is 2.23. The van der Waals surface area contributed by atoms with E-state index in [1.54, 1.807) is 6.07 Å². The summed E-state index contributed by atoms with van der Waals surface area (Å²) in [5.41, 5.74) is 0.862. The number of aromatic nitrogens is 1. The van der Waals surface area contributed by atoms with Crippen LogP contribution in [0, 0.1) is 12.8 Å². The molecular formula is C14H21N3O2. The highest BCUT2D eigenvalue weighted by Crippen LogP contribution is 2.23. The number of nitrogens with one attached hydrogen (secondary N) is 2. The lowest BCUT2D eigenvalue weighted by atomic mass is 9.86. The van der Waals surface area contributed by atoms with Gasteiger partial charge >= 0.3 is 6.03 Å². The van der Waals surface area contributed by atoms with Crippen LogP contribution >= 0.6 is 0 Å². The van der Waals surface area contributed by atoms with Crippen LogP contribution in [0.15, 0.2) is 18.2 Å². The van der Waals surface area contributed by atoms with E-state index in [0.29, 0.717) is 12.4 Å². The standard InChI is InChI=1S/C14H21N3O2/c1-10-5-4-8-13(16-10)17-14(19)15-9-11-6-2-3-7-12(11)18/h4-5,8,11-12,18H,2-3,6-7,9H2,1H3,(H2,15,16,17,19)/t11-,12-/m0/s1. The summed E-state index contributed by atoms with van der Waals surface area (Å²) >= 11 is 0. The molecule has 1 fully saturated rings. The van der Waals surface area contributed by atoms with Gasteiger partial charge in [0.2, 0.25) is 0 Å². The Morgan fingerprint density at radius 3 is 2.95 bits per heavy atom. The molecule has 0 unspecified atom stereocenters. The van der Waals surface area contributed by atoms with E-state index >= 15 is 0 Å². The van der Waals surface area contributed by atoms with Gasteiger partial charge in [-0.05, 0) is 31.9 Å². The highest BCUT2D eigenvalue weighted by molar-refractivity contribution is 5.88. The largest absolute Gasteiger partial charge is 0.393 e. The maximum atomic E-state index is 11.7. The van der Waals surface area contributed by atoms with Crippen molar-refractivity contribution in [2.75, 3.05) is 11.9 Å². The first-order valence-corrected chi connectivity index (χ1v) is 6.82. The summed E-state index contributed by atoms with van der Waals surface area (Å²) in [6.45, 7) is 2.39. The molecule has 1 saturated carbocycles. The van der Waals surface area contributed by atoms with E-state index in [2.05, 4.69) is 15.6 Å². The molecule has 19 heavy (non-hydrogen) atoms. The van der Waals surface area contributed by atoms with Crippen LogP contribution in [-0.4, -0.2) is 28.8 Å². The van der Waals surface area contributed by atoms with E-state index in [0.717, 1.165) is 31.4 Å². The molecule has 0 saturated heterocycles. The van der Waals surface area contributed by atoms with Crippen LogP contribution in [-0.2, 0) is 0 Å². The molecule has 1 heterocycles. The minimum Gasteiger partial charge on any atom is -0.393 e. The number of aliphatic hydroxyl groups is 1. The lowest BCUT2D eigenvalue weighted by Crippen LogP contribution is -2.38. The number of nitrogens with zero attached hydrogens (tertiary/aromatic N) is 1. The van der Waals surface area contributed by atoms with Crippen molar-refractivity contribution < 1.29 is 9.90 Å². The molecule has 1 aliphatic rings. The van der Waals surface area contributed by atoms with Crippen molar-refractivity contribution in [3.8, 4) is 0 Å². The van der Waals surface area contributed by atoms with E-state index in [1.165, 1.54) is 0 Å². The minimum atomic E-state index is -0.286. The van der Waals surface area contributed by atoms with Crippen LogP contribution in [0.2, 0.25) is 0 Å². The van der Waals surface area contributed by atoms with Crippen molar-refractivity contribution in [1.82, 2.24) is 10.3 Å². The topological polar surface area (TPSA) is 74.2 Å². The molecule has 5 nitrogen and oxygen atoms in total. The molecule has 1 aromatic heterocycles. The number of hydrogen-bond acceptors (Lipinski definition) is 3. The van der Waals surface area contributed by atoms with Gasteiger partial charge in [0, 0.05) is 18.2 Å². The number of hydrogen-bond donors (Lipinski definition) is 3. The van der Waals surface area contributed by atoms with Gasteiger partial charge in [-0.1, -0.05) is 18.9 Å². The predicted octanol–water partition coefficient (Wildman–Crippen LogP) is 2.06. The fraction of sp³-hybridized carbons (Fsp3) is 0.571. The van der Waals surface area contributed by atoms with Crippen LogP contribution in [0.3, 0.4) is 0 Å². The van der Waals surface area contributed by atoms with Gasteiger partial charge in [-0.3, -0.25) is 5.32 Å². The van der Waals surface area contributed by atoms with Gasteiger partial charge in [0.15, 0.2) is 0 Å². The van der Waals surface area contributed by atoms with Crippen LogP contribution in [0.25, 0.3) is 0 Å². The van der Waals surface area contributed by atoms with Crippen LogP contribution in [0.5, 0.6) is 0 Å². The SMILES string of the molecule is Cc1cccc(NC(=O)NC[C@@H]2CCCC[C@@H]2O)n1. The maximum absolute atomic E-state index is 11.7. The molecule has 0 aromatic carbocycles. The molecule has 2 atom stereocenters. The fourth-order valence-corrected chi connectivity index (χ4v) is 2.42. The number of carbonyl (C=O) groups excluding carboxylic acids is 1. The molecule has 0 radical (unpaired) electrons. The first-order chi connectivity index (χ1) is 9.15. The van der Waals surface area contributed by atoms with E-state index in [4.69, 9.17) is 0 Å². The molecule has 104 valence electrons. The normalized spacial score (nSPS) is 22.8. The monoisotopic (exact) mass is 263 g/mol. The summed E-state index contributed by atoms with van der Waals surface area (Å²) in [5, 5.41) is 15.3. The van der Waals surface area contributed by atoms with Crippen molar-refractivity contribution in [2.45, 2.75) is 38.7 Å². The molecule has 3 N–H and O–H groups in total. The quantitative estimate of drug-likeness (QED) is 0.781. The zero-order chi connectivity index (χ0) is 13.7. The fourth-order valence-electron chi connectivity index (χ4n) is 2.42. The molecule has 0 aliphatic heterocycles. The average Bonchev–Trinajstić information content (AvgIpc) is 2.38. The summed E-state index contributed by atoms with van der Waals surface area (Å²) in [7, 11) is 0. The Morgan fingerprint density at radius 1 is 1.42 bits per heavy atom. The van der Waals surface area contributed by atoms with Crippen LogP contribution in [0.1, 0.15) is 31.4 Å². The van der Waals surface area contributed by atoms with E-state index in [-0.39, 0.29) is 18.1 Å². The molecule has 1 aliphatic carbocycles. The zero-order valence-electron chi connectivity index (χ0n) is 11.2. The van der Waals surface area contributed by atoms with Gasteiger partial charge in [-0.2, -0.15) is 0 Å². The van der Waals surface area contributed by atoms with Gasteiger partial charge in [0.25, 0.3) is 0 Å².